The van der Waals surface area contributed by atoms with E-state index in [1.165, 1.54) is 0 Å². The predicted octanol–water partition coefficient (Wildman–Crippen LogP) is 1.47. The van der Waals surface area contributed by atoms with E-state index in [0.717, 1.165) is 17.1 Å². The van der Waals surface area contributed by atoms with Crippen molar-refractivity contribution < 1.29 is 14.7 Å². The first-order valence-electron chi connectivity index (χ1n) is 5.93. The summed E-state index contributed by atoms with van der Waals surface area (Å²) >= 11 is 1.56. The Morgan fingerprint density at radius 3 is 2.83 bits per heavy atom. The van der Waals surface area contributed by atoms with Crippen LogP contribution in [0.4, 0.5) is 0 Å². The maximum atomic E-state index is 11.6. The van der Waals surface area contributed by atoms with Crippen molar-refractivity contribution in [3.8, 4) is 0 Å². The minimum atomic E-state index is -0.844. The van der Waals surface area contributed by atoms with Crippen LogP contribution in [0, 0.1) is 5.92 Å². The van der Waals surface area contributed by atoms with Gasteiger partial charge in [0.15, 0.2) is 0 Å². The van der Waals surface area contributed by atoms with Crippen LogP contribution < -0.4 is 5.32 Å². The third-order valence-electron chi connectivity index (χ3n) is 2.41. The molecule has 0 aromatic carbocycles. The van der Waals surface area contributed by atoms with Crippen molar-refractivity contribution >= 4 is 23.2 Å². The van der Waals surface area contributed by atoms with Crippen molar-refractivity contribution in [3.05, 3.63) is 16.1 Å². The number of carbonyl (C=O) groups is 2. The molecule has 1 amide bonds. The molecule has 0 spiro atoms. The van der Waals surface area contributed by atoms with E-state index in [9.17, 15) is 9.59 Å². The zero-order valence-electron chi connectivity index (χ0n) is 10.6. The van der Waals surface area contributed by atoms with Crippen LogP contribution in [0.5, 0.6) is 0 Å². The molecule has 0 saturated heterocycles. The fraction of sp³-hybridized carbons (Fsp3) is 0.583. The number of aromatic nitrogens is 1. The standard InChI is InChI=1S/C12H18N2O3S/c1-3-11-14-9(7-18-11)5-10(15)13-6-8(2)4-12(16)17/h7-8H,3-6H2,1-2H3,(H,13,15)(H,16,17). The number of hydrogen-bond acceptors (Lipinski definition) is 4. The van der Waals surface area contributed by atoms with Gasteiger partial charge in [-0.3, -0.25) is 9.59 Å². The molecule has 5 nitrogen and oxygen atoms in total. The van der Waals surface area contributed by atoms with Crippen molar-refractivity contribution in [3.63, 3.8) is 0 Å². The summed E-state index contributed by atoms with van der Waals surface area (Å²) in [5.74, 6) is -1.02. The Hall–Kier alpha value is -1.43. The summed E-state index contributed by atoms with van der Waals surface area (Å²) in [7, 11) is 0. The Kier molecular flexibility index (Phi) is 5.77. The van der Waals surface area contributed by atoms with E-state index in [1.807, 2.05) is 12.3 Å². The molecule has 0 bridgehead atoms. The van der Waals surface area contributed by atoms with Gasteiger partial charge in [-0.2, -0.15) is 0 Å². The van der Waals surface area contributed by atoms with Crippen LogP contribution in [0.2, 0.25) is 0 Å². The summed E-state index contributed by atoms with van der Waals surface area (Å²) < 4.78 is 0. The average molecular weight is 270 g/mol. The van der Waals surface area contributed by atoms with Gasteiger partial charge in [-0.15, -0.1) is 11.3 Å². The molecule has 0 aliphatic carbocycles. The van der Waals surface area contributed by atoms with E-state index in [2.05, 4.69) is 10.3 Å². The van der Waals surface area contributed by atoms with Crippen molar-refractivity contribution in [2.75, 3.05) is 6.54 Å². The lowest BCUT2D eigenvalue weighted by molar-refractivity contribution is -0.138. The number of aryl methyl sites for hydroxylation is 1. The van der Waals surface area contributed by atoms with Gasteiger partial charge in [-0.1, -0.05) is 13.8 Å². The average Bonchev–Trinajstić information content (AvgIpc) is 2.73. The first-order chi connectivity index (χ1) is 8.51. The number of nitrogens with zero attached hydrogens (tertiary/aromatic N) is 1. The quantitative estimate of drug-likeness (QED) is 0.786. The van der Waals surface area contributed by atoms with Gasteiger partial charge in [-0.25, -0.2) is 4.98 Å². The Balaban J connectivity index is 2.31. The molecule has 2 N–H and O–H groups in total. The van der Waals surface area contributed by atoms with Gasteiger partial charge in [0.05, 0.1) is 17.1 Å². The van der Waals surface area contributed by atoms with Crippen LogP contribution in [0.1, 0.15) is 31.0 Å². The first kappa shape index (κ1) is 14.6. The fourth-order valence-electron chi connectivity index (χ4n) is 1.48. The minimum Gasteiger partial charge on any atom is -0.481 e. The highest BCUT2D eigenvalue weighted by Crippen LogP contribution is 2.10. The molecule has 0 aliphatic heterocycles. The number of thiazole rings is 1. The molecule has 6 heteroatoms. The second-order valence-corrected chi connectivity index (χ2v) is 5.21. The number of aliphatic carboxylic acids is 1. The van der Waals surface area contributed by atoms with Gasteiger partial charge in [-0.05, 0) is 12.3 Å². The molecule has 0 radical (unpaired) electrons. The molecule has 0 aliphatic rings. The van der Waals surface area contributed by atoms with Crippen LogP contribution in [0.15, 0.2) is 5.38 Å². The second-order valence-electron chi connectivity index (χ2n) is 4.27. The summed E-state index contributed by atoms with van der Waals surface area (Å²) in [6, 6.07) is 0. The maximum absolute atomic E-state index is 11.6. The van der Waals surface area contributed by atoms with Gasteiger partial charge >= 0.3 is 5.97 Å². The highest BCUT2D eigenvalue weighted by molar-refractivity contribution is 7.09. The molecule has 0 fully saturated rings. The highest BCUT2D eigenvalue weighted by Gasteiger charge is 2.11. The van der Waals surface area contributed by atoms with Crippen LogP contribution in [0.3, 0.4) is 0 Å². The third-order valence-corrected chi connectivity index (χ3v) is 3.46. The summed E-state index contributed by atoms with van der Waals surface area (Å²) in [5, 5.41) is 14.2. The molecule has 1 aromatic rings. The normalized spacial score (nSPS) is 12.1. The van der Waals surface area contributed by atoms with Crippen molar-refractivity contribution in [1.82, 2.24) is 10.3 Å². The minimum absolute atomic E-state index is 0.0620. The molecule has 1 heterocycles. The Bertz CT molecular complexity index is 417. The zero-order valence-corrected chi connectivity index (χ0v) is 11.4. The number of hydrogen-bond donors (Lipinski definition) is 2. The SMILES string of the molecule is CCc1nc(CC(=O)NCC(C)CC(=O)O)cs1. The van der Waals surface area contributed by atoms with Crippen molar-refractivity contribution in [1.29, 1.82) is 0 Å². The first-order valence-corrected chi connectivity index (χ1v) is 6.81. The molecule has 0 saturated carbocycles. The molecule has 1 unspecified atom stereocenters. The number of rotatable bonds is 7. The summed E-state index contributed by atoms with van der Waals surface area (Å²) in [6.45, 7) is 4.21. The summed E-state index contributed by atoms with van der Waals surface area (Å²) in [6.07, 6.45) is 1.20. The van der Waals surface area contributed by atoms with E-state index >= 15 is 0 Å². The molecule has 1 atom stereocenters. The number of carboxylic acids is 1. The fourth-order valence-corrected chi connectivity index (χ4v) is 2.22. The highest BCUT2D eigenvalue weighted by atomic mass is 32.1. The van der Waals surface area contributed by atoms with Gasteiger partial charge in [0.2, 0.25) is 5.91 Å². The van der Waals surface area contributed by atoms with Gasteiger partial charge in [0, 0.05) is 18.3 Å². The monoisotopic (exact) mass is 270 g/mol. The van der Waals surface area contributed by atoms with Gasteiger partial charge in [0.25, 0.3) is 0 Å². The van der Waals surface area contributed by atoms with E-state index in [4.69, 9.17) is 5.11 Å². The predicted molar refractivity (Wildman–Crippen MR) is 69.6 cm³/mol. The van der Waals surface area contributed by atoms with Gasteiger partial charge < -0.3 is 10.4 Å². The Morgan fingerprint density at radius 2 is 2.28 bits per heavy atom. The van der Waals surface area contributed by atoms with Crippen molar-refractivity contribution in [2.45, 2.75) is 33.1 Å². The smallest absolute Gasteiger partial charge is 0.303 e. The lowest BCUT2D eigenvalue weighted by Gasteiger charge is -2.09. The maximum Gasteiger partial charge on any atom is 0.303 e. The van der Waals surface area contributed by atoms with E-state index in [1.54, 1.807) is 18.3 Å². The van der Waals surface area contributed by atoms with Crippen LogP contribution in [0.25, 0.3) is 0 Å². The number of nitrogens with one attached hydrogen (secondary N) is 1. The third kappa shape index (κ3) is 5.27. The molecular formula is C12H18N2O3S. The molecule has 18 heavy (non-hydrogen) atoms. The lowest BCUT2D eigenvalue weighted by Crippen LogP contribution is -2.30. The topological polar surface area (TPSA) is 79.3 Å². The summed E-state index contributed by atoms with van der Waals surface area (Å²) in [5.41, 5.74) is 0.778. The Labute approximate surface area is 110 Å². The largest absolute Gasteiger partial charge is 0.481 e. The van der Waals surface area contributed by atoms with E-state index < -0.39 is 5.97 Å². The van der Waals surface area contributed by atoms with Crippen LogP contribution in [-0.2, 0) is 22.4 Å². The Morgan fingerprint density at radius 1 is 1.56 bits per heavy atom. The van der Waals surface area contributed by atoms with E-state index in [0.29, 0.717) is 6.54 Å². The summed E-state index contributed by atoms with van der Waals surface area (Å²) in [4.78, 5) is 26.4. The number of carboxylic acid groups (broad SMARTS) is 1. The lowest BCUT2D eigenvalue weighted by atomic mass is 10.1. The number of amides is 1. The molecular weight excluding hydrogens is 252 g/mol. The zero-order chi connectivity index (χ0) is 13.5. The van der Waals surface area contributed by atoms with Crippen molar-refractivity contribution in [2.24, 2.45) is 5.92 Å². The second kappa shape index (κ2) is 7.10. The molecule has 100 valence electrons. The number of carbonyl (C=O) groups excluding carboxylic acids is 1. The van der Waals surface area contributed by atoms with E-state index in [-0.39, 0.29) is 24.7 Å². The van der Waals surface area contributed by atoms with Gasteiger partial charge in [0.1, 0.15) is 0 Å². The molecule has 1 aromatic heterocycles. The van der Waals surface area contributed by atoms with Crippen LogP contribution >= 0.6 is 11.3 Å². The van der Waals surface area contributed by atoms with Crippen LogP contribution in [-0.4, -0.2) is 28.5 Å². The molecule has 1 rings (SSSR count).